The summed E-state index contributed by atoms with van der Waals surface area (Å²) < 4.78 is 0. The molecule has 1 unspecified atom stereocenters. The number of hydrogen-bond donors (Lipinski definition) is 1. The van der Waals surface area contributed by atoms with Crippen LogP contribution < -0.4 is 10.2 Å². The van der Waals surface area contributed by atoms with Crippen molar-refractivity contribution >= 4 is 5.69 Å². The van der Waals surface area contributed by atoms with E-state index in [4.69, 9.17) is 0 Å². The summed E-state index contributed by atoms with van der Waals surface area (Å²) in [6.07, 6.45) is 2.59. The minimum absolute atomic E-state index is 0.648. The number of benzene rings is 1. The van der Waals surface area contributed by atoms with Gasteiger partial charge in [0.15, 0.2) is 0 Å². The number of piperidine rings is 1. The molecule has 2 heteroatoms. The second kappa shape index (κ2) is 4.88. The van der Waals surface area contributed by atoms with Crippen LogP contribution in [0.2, 0.25) is 0 Å². The van der Waals surface area contributed by atoms with Crippen LogP contribution in [0.5, 0.6) is 0 Å². The Balaban J connectivity index is 2.13. The molecule has 1 aliphatic rings. The Hall–Kier alpha value is -1.02. The molecular weight excluding hydrogens is 196 g/mol. The first-order chi connectivity index (χ1) is 7.70. The Labute approximate surface area is 98.7 Å². The number of rotatable bonds is 2. The zero-order valence-electron chi connectivity index (χ0n) is 10.6. The van der Waals surface area contributed by atoms with Gasteiger partial charge in [0.1, 0.15) is 0 Å². The molecule has 0 aromatic heterocycles. The topological polar surface area (TPSA) is 15.3 Å². The number of likely N-dealkylation sites (N-methyl/N-ethyl adjacent to an activating group) is 1. The van der Waals surface area contributed by atoms with Gasteiger partial charge >= 0.3 is 0 Å². The summed E-state index contributed by atoms with van der Waals surface area (Å²) in [4.78, 5) is 2.50. The fraction of sp³-hybridized carbons (Fsp3) is 0.571. The third-order valence-electron chi connectivity index (χ3n) is 3.69. The van der Waals surface area contributed by atoms with Gasteiger partial charge in [0.05, 0.1) is 0 Å². The molecule has 1 aromatic rings. The summed E-state index contributed by atoms with van der Waals surface area (Å²) in [7, 11) is 2.06. The molecule has 88 valence electrons. The fourth-order valence-electron chi connectivity index (χ4n) is 2.37. The highest BCUT2D eigenvalue weighted by atomic mass is 15.2. The highest BCUT2D eigenvalue weighted by molar-refractivity contribution is 5.51. The maximum Gasteiger partial charge on any atom is 0.0369 e. The Morgan fingerprint density at radius 3 is 2.75 bits per heavy atom. The Bertz CT molecular complexity index is 360. The van der Waals surface area contributed by atoms with Crippen molar-refractivity contribution in [1.29, 1.82) is 0 Å². The van der Waals surface area contributed by atoms with Gasteiger partial charge in [-0.2, -0.15) is 0 Å². The normalized spacial score (nSPS) is 21.2. The first-order valence-electron chi connectivity index (χ1n) is 6.20. The molecule has 0 bridgehead atoms. The number of nitrogens with zero attached hydrogens (tertiary/aromatic N) is 1. The summed E-state index contributed by atoms with van der Waals surface area (Å²) in [5.41, 5.74) is 4.15. The van der Waals surface area contributed by atoms with Crippen LogP contribution in [0.4, 0.5) is 5.69 Å². The molecule has 0 radical (unpaired) electrons. The summed E-state index contributed by atoms with van der Waals surface area (Å²) >= 11 is 0. The van der Waals surface area contributed by atoms with E-state index in [-0.39, 0.29) is 0 Å². The van der Waals surface area contributed by atoms with Gasteiger partial charge < -0.3 is 10.2 Å². The smallest absolute Gasteiger partial charge is 0.0369 e. The van der Waals surface area contributed by atoms with E-state index in [1.807, 2.05) is 0 Å². The predicted octanol–water partition coefficient (Wildman–Crippen LogP) is 2.49. The lowest BCUT2D eigenvalue weighted by molar-refractivity contribution is 0.449. The highest BCUT2D eigenvalue weighted by Crippen LogP contribution is 2.22. The van der Waals surface area contributed by atoms with Gasteiger partial charge in [0, 0.05) is 24.8 Å². The third-order valence-corrected chi connectivity index (χ3v) is 3.69. The molecule has 0 spiro atoms. The zero-order valence-corrected chi connectivity index (χ0v) is 10.6. The average molecular weight is 218 g/mol. The van der Waals surface area contributed by atoms with Crippen molar-refractivity contribution in [3.63, 3.8) is 0 Å². The van der Waals surface area contributed by atoms with Crippen LogP contribution >= 0.6 is 0 Å². The van der Waals surface area contributed by atoms with Crippen LogP contribution in [0.15, 0.2) is 18.2 Å². The van der Waals surface area contributed by atoms with Crippen LogP contribution in [-0.2, 0) is 0 Å². The van der Waals surface area contributed by atoms with Gasteiger partial charge in [-0.15, -0.1) is 0 Å². The quantitative estimate of drug-likeness (QED) is 0.820. The van der Waals surface area contributed by atoms with Crippen molar-refractivity contribution in [3.05, 3.63) is 29.3 Å². The molecule has 1 heterocycles. The van der Waals surface area contributed by atoms with Gasteiger partial charge in [-0.25, -0.2) is 0 Å². The number of hydrogen-bond acceptors (Lipinski definition) is 2. The van der Waals surface area contributed by atoms with Crippen LogP contribution in [0.1, 0.15) is 24.0 Å². The van der Waals surface area contributed by atoms with Crippen LogP contribution in [0, 0.1) is 13.8 Å². The van der Waals surface area contributed by atoms with Gasteiger partial charge in [0.2, 0.25) is 0 Å². The maximum atomic E-state index is 3.39. The minimum Gasteiger partial charge on any atom is -0.370 e. The van der Waals surface area contributed by atoms with E-state index in [2.05, 4.69) is 49.3 Å². The van der Waals surface area contributed by atoms with Gasteiger partial charge in [-0.05, 0) is 57.0 Å². The van der Waals surface area contributed by atoms with E-state index >= 15 is 0 Å². The fourth-order valence-corrected chi connectivity index (χ4v) is 2.37. The van der Waals surface area contributed by atoms with Crippen molar-refractivity contribution < 1.29 is 0 Å². The first-order valence-corrected chi connectivity index (χ1v) is 6.20. The Kier molecular flexibility index (Phi) is 3.49. The van der Waals surface area contributed by atoms with Crippen molar-refractivity contribution in [2.45, 2.75) is 32.7 Å². The van der Waals surface area contributed by atoms with E-state index in [1.54, 1.807) is 0 Å². The van der Waals surface area contributed by atoms with E-state index in [9.17, 15) is 0 Å². The summed E-state index contributed by atoms with van der Waals surface area (Å²) in [6.45, 7) is 6.70. The van der Waals surface area contributed by atoms with Crippen molar-refractivity contribution in [2.24, 2.45) is 0 Å². The monoisotopic (exact) mass is 218 g/mol. The van der Waals surface area contributed by atoms with Crippen LogP contribution in [0.3, 0.4) is 0 Å². The standard InChI is InChI=1S/C14H22N2/c1-11-6-7-14(9-12(11)2)16-8-4-5-13(10-16)15-3/h6-7,9,13,15H,4-5,8,10H2,1-3H3. The molecule has 2 rings (SSSR count). The first kappa shape index (κ1) is 11.5. The van der Waals surface area contributed by atoms with Crippen molar-refractivity contribution in [1.82, 2.24) is 5.32 Å². The molecule has 1 saturated heterocycles. The zero-order chi connectivity index (χ0) is 11.5. The minimum atomic E-state index is 0.648. The van der Waals surface area contributed by atoms with Crippen molar-refractivity contribution in [3.8, 4) is 0 Å². The molecule has 2 nitrogen and oxygen atoms in total. The molecule has 0 aliphatic carbocycles. The molecular formula is C14H22N2. The van der Waals surface area contributed by atoms with E-state index in [0.717, 1.165) is 6.54 Å². The number of nitrogens with one attached hydrogen (secondary N) is 1. The maximum absolute atomic E-state index is 3.39. The van der Waals surface area contributed by atoms with E-state index < -0.39 is 0 Å². The molecule has 1 N–H and O–H groups in total. The van der Waals surface area contributed by atoms with E-state index in [0.29, 0.717) is 6.04 Å². The Morgan fingerprint density at radius 1 is 1.25 bits per heavy atom. The molecule has 16 heavy (non-hydrogen) atoms. The van der Waals surface area contributed by atoms with Gasteiger partial charge in [-0.3, -0.25) is 0 Å². The lowest BCUT2D eigenvalue weighted by Gasteiger charge is -2.34. The highest BCUT2D eigenvalue weighted by Gasteiger charge is 2.18. The van der Waals surface area contributed by atoms with Gasteiger partial charge in [-0.1, -0.05) is 6.07 Å². The largest absolute Gasteiger partial charge is 0.370 e. The molecule has 1 atom stereocenters. The summed E-state index contributed by atoms with van der Waals surface area (Å²) in [5, 5.41) is 3.39. The Morgan fingerprint density at radius 2 is 2.06 bits per heavy atom. The number of anilines is 1. The predicted molar refractivity (Wildman–Crippen MR) is 70.2 cm³/mol. The van der Waals surface area contributed by atoms with Crippen LogP contribution in [0.25, 0.3) is 0 Å². The molecule has 1 aliphatic heterocycles. The third kappa shape index (κ3) is 2.38. The lowest BCUT2D eigenvalue weighted by Crippen LogP contribution is -2.44. The van der Waals surface area contributed by atoms with Crippen LogP contribution in [-0.4, -0.2) is 26.2 Å². The van der Waals surface area contributed by atoms with E-state index in [1.165, 1.54) is 36.2 Å². The summed E-state index contributed by atoms with van der Waals surface area (Å²) in [6, 6.07) is 7.44. The lowest BCUT2D eigenvalue weighted by atomic mass is 10.0. The SMILES string of the molecule is CNC1CCCN(c2ccc(C)c(C)c2)C1. The summed E-state index contributed by atoms with van der Waals surface area (Å²) in [5.74, 6) is 0. The number of aryl methyl sites for hydroxylation is 2. The molecule has 0 amide bonds. The van der Waals surface area contributed by atoms with Crippen molar-refractivity contribution in [2.75, 3.05) is 25.0 Å². The average Bonchev–Trinajstić information content (AvgIpc) is 2.33. The van der Waals surface area contributed by atoms with Gasteiger partial charge in [0.25, 0.3) is 0 Å². The molecule has 0 saturated carbocycles. The second-order valence-electron chi connectivity index (χ2n) is 4.84. The molecule has 1 aromatic carbocycles. The molecule has 1 fully saturated rings. The second-order valence-corrected chi connectivity index (χ2v) is 4.84.